The third-order valence-corrected chi connectivity index (χ3v) is 4.57. The molecule has 7 nitrogen and oxygen atoms in total. The Balaban J connectivity index is 1.67. The number of ether oxygens (including phenoxy) is 3. The molecular formula is C20H27F3N2O5. The van der Waals surface area contributed by atoms with Gasteiger partial charge in [0, 0.05) is 25.9 Å². The third-order valence-electron chi connectivity index (χ3n) is 4.57. The van der Waals surface area contributed by atoms with E-state index >= 15 is 0 Å². The van der Waals surface area contributed by atoms with Crippen LogP contribution < -0.4 is 10.6 Å². The minimum Gasteiger partial charge on any atom is -0.445 e. The number of rotatable bonds is 10. The molecule has 2 rings (SSSR count). The number of carbonyl (C=O) groups is 2. The second-order valence-corrected chi connectivity index (χ2v) is 6.91. The van der Waals surface area contributed by atoms with Gasteiger partial charge in [-0.15, -0.1) is 0 Å². The summed E-state index contributed by atoms with van der Waals surface area (Å²) >= 11 is 0. The highest BCUT2D eigenvalue weighted by Gasteiger charge is 2.38. The number of alkyl carbamates (subject to hydrolysis) is 1. The molecule has 0 unspecified atom stereocenters. The van der Waals surface area contributed by atoms with Crippen LogP contribution in [0, 0.1) is 0 Å². The Kier molecular flexibility index (Phi) is 9.38. The summed E-state index contributed by atoms with van der Waals surface area (Å²) in [5.74, 6) is -2.92. The van der Waals surface area contributed by atoms with Crippen LogP contribution in [0.15, 0.2) is 30.3 Å². The van der Waals surface area contributed by atoms with Crippen molar-refractivity contribution < 1.29 is 37.0 Å². The first-order valence-electron chi connectivity index (χ1n) is 9.88. The molecule has 0 atom stereocenters. The molecule has 1 aliphatic rings. The summed E-state index contributed by atoms with van der Waals surface area (Å²) in [5.41, 5.74) is 0.871. The second kappa shape index (κ2) is 11.8. The number of nitrogens with one attached hydrogen (secondary N) is 2. The molecule has 0 spiro atoms. The van der Waals surface area contributed by atoms with Crippen molar-refractivity contribution in [3.8, 4) is 0 Å². The predicted octanol–water partition coefficient (Wildman–Crippen LogP) is 3.28. The summed E-state index contributed by atoms with van der Waals surface area (Å²) in [6.45, 7) is 0.144. The van der Waals surface area contributed by atoms with E-state index in [4.69, 9.17) is 14.2 Å². The van der Waals surface area contributed by atoms with Crippen molar-refractivity contribution in [3.63, 3.8) is 0 Å². The molecule has 0 bridgehead atoms. The molecule has 0 radical (unpaired) electrons. The molecule has 30 heavy (non-hydrogen) atoms. The lowest BCUT2D eigenvalue weighted by atomic mass is 9.94. The molecule has 2 N–H and O–H groups in total. The first kappa shape index (κ1) is 23.9. The van der Waals surface area contributed by atoms with Gasteiger partial charge in [-0.2, -0.15) is 13.2 Å². The molecule has 168 valence electrons. The molecule has 2 amide bonds. The molecule has 1 aromatic carbocycles. The highest BCUT2D eigenvalue weighted by Crippen LogP contribution is 2.32. The number of benzene rings is 1. The number of hydrogen-bond donors (Lipinski definition) is 2. The Morgan fingerprint density at radius 1 is 0.933 bits per heavy atom. The fraction of sp³-hybridized carbons (Fsp3) is 0.600. The number of alkyl halides is 3. The molecule has 0 aromatic heterocycles. The fourth-order valence-corrected chi connectivity index (χ4v) is 3.09. The Bertz CT molecular complexity index is 664. The van der Waals surface area contributed by atoms with E-state index in [1.54, 1.807) is 5.32 Å². The average Bonchev–Trinajstić information content (AvgIpc) is 2.73. The quantitative estimate of drug-likeness (QED) is 0.438. The van der Waals surface area contributed by atoms with Gasteiger partial charge in [-0.3, -0.25) is 4.79 Å². The fourth-order valence-electron chi connectivity index (χ4n) is 3.09. The topological polar surface area (TPSA) is 85.9 Å². The van der Waals surface area contributed by atoms with E-state index in [0.717, 1.165) is 24.8 Å². The number of halogens is 3. The molecule has 1 saturated carbocycles. The first-order chi connectivity index (χ1) is 14.3. The molecule has 10 heteroatoms. The molecule has 1 fully saturated rings. The van der Waals surface area contributed by atoms with Crippen molar-refractivity contribution in [2.24, 2.45) is 0 Å². The normalized spacial score (nSPS) is 16.0. The summed E-state index contributed by atoms with van der Waals surface area (Å²) in [4.78, 5) is 22.6. The lowest BCUT2D eigenvalue weighted by Gasteiger charge is -2.37. The van der Waals surface area contributed by atoms with Crippen LogP contribution in [0.4, 0.5) is 18.0 Å². The van der Waals surface area contributed by atoms with E-state index in [-0.39, 0.29) is 32.9 Å². The third kappa shape index (κ3) is 8.58. The second-order valence-electron chi connectivity index (χ2n) is 6.91. The van der Waals surface area contributed by atoms with Crippen molar-refractivity contribution in [1.29, 1.82) is 0 Å². The van der Waals surface area contributed by atoms with Crippen molar-refractivity contribution in [2.45, 2.75) is 50.7 Å². The van der Waals surface area contributed by atoms with E-state index in [2.05, 4.69) is 5.32 Å². The van der Waals surface area contributed by atoms with Gasteiger partial charge in [0.05, 0.1) is 13.2 Å². The van der Waals surface area contributed by atoms with Crippen LogP contribution in [0.2, 0.25) is 0 Å². The molecule has 1 aromatic rings. The number of carbonyl (C=O) groups excluding carboxylic acids is 2. The van der Waals surface area contributed by atoms with Crippen LogP contribution in [0.1, 0.15) is 37.7 Å². The molecule has 0 aliphatic heterocycles. The van der Waals surface area contributed by atoms with Gasteiger partial charge >= 0.3 is 18.2 Å². The van der Waals surface area contributed by atoms with Crippen molar-refractivity contribution in [1.82, 2.24) is 10.6 Å². The Morgan fingerprint density at radius 2 is 1.53 bits per heavy atom. The monoisotopic (exact) mass is 432 g/mol. The van der Waals surface area contributed by atoms with E-state index in [0.29, 0.717) is 12.8 Å². The molecule has 0 saturated heterocycles. The highest BCUT2D eigenvalue weighted by molar-refractivity contribution is 5.81. The van der Waals surface area contributed by atoms with Crippen molar-refractivity contribution >= 4 is 12.0 Å². The van der Waals surface area contributed by atoms with Gasteiger partial charge in [0.2, 0.25) is 0 Å². The smallest absolute Gasteiger partial charge is 0.445 e. The van der Waals surface area contributed by atoms with E-state index in [1.807, 2.05) is 30.3 Å². The predicted molar refractivity (Wildman–Crippen MR) is 101 cm³/mol. The summed E-state index contributed by atoms with van der Waals surface area (Å²) in [5, 5.41) is 4.36. The summed E-state index contributed by atoms with van der Waals surface area (Å²) in [7, 11) is 0. The van der Waals surface area contributed by atoms with Crippen LogP contribution in [-0.4, -0.2) is 50.3 Å². The minimum absolute atomic E-state index is 0.103. The molecular weight excluding hydrogens is 405 g/mol. The van der Waals surface area contributed by atoms with E-state index in [9.17, 15) is 22.8 Å². The van der Waals surface area contributed by atoms with Crippen LogP contribution in [0.3, 0.4) is 0 Å². The van der Waals surface area contributed by atoms with Crippen LogP contribution in [-0.2, 0) is 25.6 Å². The average molecular weight is 432 g/mol. The minimum atomic E-state index is -4.92. The van der Waals surface area contributed by atoms with E-state index in [1.165, 1.54) is 0 Å². The van der Waals surface area contributed by atoms with Crippen LogP contribution >= 0.6 is 0 Å². The van der Waals surface area contributed by atoms with Gasteiger partial charge in [0.1, 0.15) is 6.61 Å². The van der Waals surface area contributed by atoms with Gasteiger partial charge in [-0.1, -0.05) is 36.8 Å². The van der Waals surface area contributed by atoms with E-state index < -0.39 is 24.0 Å². The molecule has 1 aliphatic carbocycles. The van der Waals surface area contributed by atoms with Crippen LogP contribution in [0.25, 0.3) is 0 Å². The van der Waals surface area contributed by atoms with Gasteiger partial charge in [-0.25, -0.2) is 4.79 Å². The van der Waals surface area contributed by atoms with Crippen molar-refractivity contribution in [3.05, 3.63) is 35.9 Å². The zero-order valence-corrected chi connectivity index (χ0v) is 16.6. The Hall–Kier alpha value is -2.33. The first-order valence-corrected chi connectivity index (χ1v) is 9.88. The lowest BCUT2D eigenvalue weighted by Crippen LogP contribution is -2.43. The summed E-state index contributed by atoms with van der Waals surface area (Å²) in [6.07, 6.45) is -1.56. The number of amides is 2. The van der Waals surface area contributed by atoms with Crippen LogP contribution in [0.5, 0.6) is 0 Å². The number of hydrogen-bond acceptors (Lipinski definition) is 5. The Morgan fingerprint density at radius 3 is 2.13 bits per heavy atom. The largest absolute Gasteiger partial charge is 0.471 e. The standard InChI is InChI=1S/C20H27F3N2O5/c21-20(22,23)17(26)24-11-13-29-19(9-5-2-6-10-19)30-14-12-25-18(27)28-15-16-7-3-1-4-8-16/h1,3-4,7-8H,2,5-6,9-15H2,(H,24,26)(H,25,27). The summed E-state index contributed by atoms with van der Waals surface area (Å²) < 4.78 is 53.3. The van der Waals surface area contributed by atoms with Gasteiger partial charge < -0.3 is 24.8 Å². The maximum atomic E-state index is 12.2. The van der Waals surface area contributed by atoms with Gasteiger partial charge in [0.25, 0.3) is 0 Å². The zero-order valence-electron chi connectivity index (χ0n) is 16.6. The zero-order chi connectivity index (χ0) is 21.9. The SMILES string of the molecule is O=C(NCCOC1(OCCNC(=O)C(F)(F)F)CCCCC1)OCc1ccccc1. The lowest BCUT2D eigenvalue weighted by molar-refractivity contribution is -0.250. The Labute approximate surface area is 173 Å². The highest BCUT2D eigenvalue weighted by atomic mass is 19.4. The van der Waals surface area contributed by atoms with Crippen molar-refractivity contribution in [2.75, 3.05) is 26.3 Å². The van der Waals surface area contributed by atoms with Gasteiger partial charge in [0.15, 0.2) is 5.79 Å². The molecule has 0 heterocycles. The maximum absolute atomic E-state index is 12.2. The summed E-state index contributed by atoms with van der Waals surface area (Å²) in [6, 6.07) is 9.26. The van der Waals surface area contributed by atoms with Gasteiger partial charge in [-0.05, 0) is 18.4 Å². The maximum Gasteiger partial charge on any atom is 0.471 e.